The summed E-state index contributed by atoms with van der Waals surface area (Å²) in [6.45, 7) is 8.00. The number of rotatable bonds is 9. The van der Waals surface area contributed by atoms with E-state index in [4.69, 9.17) is 4.74 Å². The molecule has 0 fully saturated rings. The van der Waals surface area contributed by atoms with E-state index in [0.29, 0.717) is 19.7 Å². The number of aromatic nitrogens is 5. The molecule has 0 atom stereocenters. The molecule has 0 saturated carbocycles. The Morgan fingerprint density at radius 1 is 1.29 bits per heavy atom. The summed E-state index contributed by atoms with van der Waals surface area (Å²) in [6.07, 6.45) is 2.92. The first-order chi connectivity index (χ1) is 10.3. The van der Waals surface area contributed by atoms with E-state index in [2.05, 4.69) is 40.6 Å². The van der Waals surface area contributed by atoms with E-state index in [1.165, 1.54) is 0 Å². The highest BCUT2D eigenvalue weighted by atomic mass is 16.5. The van der Waals surface area contributed by atoms with Crippen molar-refractivity contribution in [1.82, 2.24) is 30.1 Å². The quantitative estimate of drug-likeness (QED) is 0.694. The van der Waals surface area contributed by atoms with Crippen molar-refractivity contribution in [3.8, 4) is 0 Å². The number of ether oxygens (including phenoxy) is 1. The molecule has 0 unspecified atom stereocenters. The van der Waals surface area contributed by atoms with Crippen molar-refractivity contribution >= 4 is 0 Å². The second-order valence-electron chi connectivity index (χ2n) is 4.87. The maximum Gasteiger partial charge on any atom is 0.0965 e. The highest BCUT2D eigenvalue weighted by Gasteiger charge is 2.08. The minimum absolute atomic E-state index is 0.698. The summed E-state index contributed by atoms with van der Waals surface area (Å²) in [7, 11) is 1.69. The van der Waals surface area contributed by atoms with Gasteiger partial charge >= 0.3 is 0 Å². The van der Waals surface area contributed by atoms with Gasteiger partial charge in [-0.25, -0.2) is 4.68 Å². The number of nitrogens with zero attached hydrogens (tertiary/aromatic N) is 5. The Morgan fingerprint density at radius 3 is 2.86 bits per heavy atom. The molecule has 0 aliphatic rings. The van der Waals surface area contributed by atoms with E-state index in [0.717, 1.165) is 36.6 Å². The van der Waals surface area contributed by atoms with Gasteiger partial charge in [-0.15, -0.1) is 5.10 Å². The fourth-order valence-electron chi connectivity index (χ4n) is 2.14. The van der Waals surface area contributed by atoms with Gasteiger partial charge in [-0.1, -0.05) is 12.1 Å². The third-order valence-electron chi connectivity index (χ3n) is 3.27. The number of hydrogen-bond donors (Lipinski definition) is 1. The molecule has 0 aromatic carbocycles. The predicted octanol–water partition coefficient (Wildman–Crippen LogP) is 0.841. The van der Waals surface area contributed by atoms with E-state index in [-0.39, 0.29) is 0 Å². The molecule has 21 heavy (non-hydrogen) atoms. The van der Waals surface area contributed by atoms with Crippen LogP contribution >= 0.6 is 0 Å². The van der Waals surface area contributed by atoms with Gasteiger partial charge in [0, 0.05) is 26.7 Å². The molecule has 0 amide bonds. The normalized spacial score (nSPS) is 11.2. The summed E-state index contributed by atoms with van der Waals surface area (Å²) in [5.41, 5.74) is 3.22. The second-order valence-corrected chi connectivity index (χ2v) is 4.87. The van der Waals surface area contributed by atoms with Crippen molar-refractivity contribution < 1.29 is 4.74 Å². The third kappa shape index (κ3) is 4.37. The third-order valence-corrected chi connectivity index (χ3v) is 3.27. The summed E-state index contributed by atoms with van der Waals surface area (Å²) in [5.74, 6) is 0. The fourth-order valence-corrected chi connectivity index (χ4v) is 2.14. The van der Waals surface area contributed by atoms with Crippen LogP contribution in [0.25, 0.3) is 0 Å². The van der Waals surface area contributed by atoms with Crippen LogP contribution in [0.1, 0.15) is 30.9 Å². The van der Waals surface area contributed by atoms with Gasteiger partial charge in [0.1, 0.15) is 0 Å². The monoisotopic (exact) mass is 292 g/mol. The standard InChI is InChI=1S/C14H24N6O/c1-4-12-8-14(20(5-2)17-12)11-19-10-13(16-18-19)9-15-6-7-21-3/h8,10,15H,4-7,9,11H2,1-3H3. The molecule has 0 radical (unpaired) electrons. The maximum absolute atomic E-state index is 4.99. The number of aryl methyl sites for hydroxylation is 2. The zero-order valence-corrected chi connectivity index (χ0v) is 13.0. The molecule has 0 bridgehead atoms. The summed E-state index contributed by atoms with van der Waals surface area (Å²) < 4.78 is 8.87. The zero-order valence-electron chi connectivity index (χ0n) is 13.0. The van der Waals surface area contributed by atoms with Crippen LogP contribution in [0.5, 0.6) is 0 Å². The van der Waals surface area contributed by atoms with Crippen molar-refractivity contribution in [3.05, 3.63) is 29.3 Å². The van der Waals surface area contributed by atoms with Crippen molar-refractivity contribution in [2.75, 3.05) is 20.3 Å². The molecule has 0 spiro atoms. The minimum Gasteiger partial charge on any atom is -0.383 e. The Morgan fingerprint density at radius 2 is 2.14 bits per heavy atom. The van der Waals surface area contributed by atoms with Gasteiger partial charge in [0.15, 0.2) is 0 Å². The molecule has 7 heteroatoms. The molecule has 2 rings (SSSR count). The van der Waals surface area contributed by atoms with E-state index in [1.54, 1.807) is 7.11 Å². The van der Waals surface area contributed by atoms with Gasteiger partial charge in [-0.3, -0.25) is 4.68 Å². The Bertz CT molecular complexity index is 547. The maximum atomic E-state index is 4.99. The summed E-state index contributed by atoms with van der Waals surface area (Å²) in [4.78, 5) is 0. The van der Waals surface area contributed by atoms with E-state index in [9.17, 15) is 0 Å². The van der Waals surface area contributed by atoms with Gasteiger partial charge in [-0.05, 0) is 19.4 Å². The van der Waals surface area contributed by atoms with Gasteiger partial charge in [-0.2, -0.15) is 5.10 Å². The van der Waals surface area contributed by atoms with Crippen LogP contribution in [0, 0.1) is 0 Å². The lowest BCUT2D eigenvalue weighted by atomic mass is 10.3. The highest BCUT2D eigenvalue weighted by molar-refractivity contribution is 5.11. The van der Waals surface area contributed by atoms with Crippen molar-refractivity contribution in [2.45, 2.75) is 39.9 Å². The van der Waals surface area contributed by atoms with Gasteiger partial charge in [0.05, 0.1) is 36.4 Å². The summed E-state index contributed by atoms with van der Waals surface area (Å²) in [5, 5.41) is 16.2. The lowest BCUT2D eigenvalue weighted by Crippen LogP contribution is -2.18. The van der Waals surface area contributed by atoms with Crippen molar-refractivity contribution in [2.24, 2.45) is 0 Å². The SMILES string of the molecule is CCc1cc(Cn2cc(CNCCOC)nn2)n(CC)n1. The number of hydrogen-bond acceptors (Lipinski definition) is 5. The van der Waals surface area contributed by atoms with Crippen LogP contribution in [0.3, 0.4) is 0 Å². The average Bonchev–Trinajstić information content (AvgIpc) is 3.10. The molecular formula is C14H24N6O. The first kappa shape index (κ1) is 15.7. The predicted molar refractivity (Wildman–Crippen MR) is 80.0 cm³/mol. The summed E-state index contributed by atoms with van der Waals surface area (Å²) in [6, 6.07) is 2.14. The lowest BCUT2D eigenvalue weighted by Gasteiger charge is -2.03. The van der Waals surface area contributed by atoms with Gasteiger partial charge < -0.3 is 10.1 Å². The van der Waals surface area contributed by atoms with E-state index >= 15 is 0 Å². The molecule has 0 saturated heterocycles. The van der Waals surface area contributed by atoms with Crippen LogP contribution in [0.2, 0.25) is 0 Å². The van der Waals surface area contributed by atoms with E-state index in [1.807, 2.05) is 15.6 Å². The first-order valence-corrected chi connectivity index (χ1v) is 7.41. The smallest absolute Gasteiger partial charge is 0.0965 e. The number of methoxy groups -OCH3 is 1. The Kier molecular flexibility index (Phi) is 5.89. The van der Waals surface area contributed by atoms with Crippen molar-refractivity contribution in [3.63, 3.8) is 0 Å². The van der Waals surface area contributed by atoms with Gasteiger partial charge in [0.2, 0.25) is 0 Å². The molecule has 116 valence electrons. The van der Waals surface area contributed by atoms with Crippen LogP contribution in [-0.2, 0) is 30.8 Å². The van der Waals surface area contributed by atoms with Crippen LogP contribution < -0.4 is 5.32 Å². The van der Waals surface area contributed by atoms with Crippen LogP contribution in [0.15, 0.2) is 12.3 Å². The largest absolute Gasteiger partial charge is 0.383 e. The second kappa shape index (κ2) is 7.90. The molecule has 0 aliphatic heterocycles. The minimum atomic E-state index is 0.698. The molecule has 2 heterocycles. The molecule has 7 nitrogen and oxygen atoms in total. The topological polar surface area (TPSA) is 69.8 Å². The molecule has 2 aromatic heterocycles. The van der Waals surface area contributed by atoms with Crippen LogP contribution in [0.4, 0.5) is 0 Å². The lowest BCUT2D eigenvalue weighted by molar-refractivity contribution is 0.199. The molecule has 2 aromatic rings. The summed E-state index contributed by atoms with van der Waals surface area (Å²) >= 11 is 0. The Balaban J connectivity index is 1.94. The van der Waals surface area contributed by atoms with Crippen molar-refractivity contribution in [1.29, 1.82) is 0 Å². The molecule has 0 aliphatic carbocycles. The molecule has 1 N–H and O–H groups in total. The Labute approximate surface area is 125 Å². The molecular weight excluding hydrogens is 268 g/mol. The van der Waals surface area contributed by atoms with Crippen LogP contribution in [-0.4, -0.2) is 45.0 Å². The van der Waals surface area contributed by atoms with E-state index < -0.39 is 0 Å². The average molecular weight is 292 g/mol. The first-order valence-electron chi connectivity index (χ1n) is 7.41. The Hall–Kier alpha value is -1.73. The number of nitrogens with one attached hydrogen (secondary N) is 1. The fraction of sp³-hybridized carbons (Fsp3) is 0.643. The van der Waals surface area contributed by atoms with Gasteiger partial charge in [0.25, 0.3) is 0 Å². The zero-order chi connectivity index (χ0) is 15.1. The highest BCUT2D eigenvalue weighted by Crippen LogP contribution is 2.07.